The number of aryl methyl sites for hydroxylation is 2. The largest absolute Gasteiger partial charge is 0.333 e. The molecule has 0 aliphatic heterocycles. The predicted molar refractivity (Wildman–Crippen MR) is 137 cm³/mol. The van der Waals surface area contributed by atoms with E-state index in [0.29, 0.717) is 40.6 Å². The summed E-state index contributed by atoms with van der Waals surface area (Å²) in [6.45, 7) is 2.43. The average Bonchev–Trinajstić information content (AvgIpc) is 3.49. The zero-order valence-corrected chi connectivity index (χ0v) is 21.0. The van der Waals surface area contributed by atoms with Crippen molar-refractivity contribution in [1.82, 2.24) is 33.7 Å². The van der Waals surface area contributed by atoms with Crippen molar-refractivity contribution in [3.8, 4) is 11.4 Å². The second-order valence-corrected chi connectivity index (χ2v) is 11.4. The fourth-order valence-electron chi connectivity index (χ4n) is 4.57. The number of hydrogen-bond acceptors (Lipinski definition) is 7. The number of aromatic nitrogens is 7. The minimum Gasteiger partial charge on any atom is -0.332 e. The quantitative estimate of drug-likeness (QED) is 0.332. The summed E-state index contributed by atoms with van der Waals surface area (Å²) in [6, 6.07) is 11.8. The van der Waals surface area contributed by atoms with E-state index in [1.165, 1.54) is 4.57 Å². The van der Waals surface area contributed by atoms with Crippen LogP contribution in [0.15, 0.2) is 63.1 Å². The molecule has 190 valence electrons. The lowest BCUT2D eigenvalue weighted by molar-refractivity contribution is 0.571. The topological polar surface area (TPSA) is 137 Å². The van der Waals surface area contributed by atoms with Crippen LogP contribution in [-0.4, -0.2) is 47.9 Å². The zero-order chi connectivity index (χ0) is 25.7. The van der Waals surface area contributed by atoms with Gasteiger partial charge >= 0.3 is 5.69 Å². The van der Waals surface area contributed by atoms with Crippen LogP contribution in [0, 0.1) is 0 Å². The number of pyridine rings is 1. The predicted octanol–water partition coefficient (Wildman–Crippen LogP) is 2.36. The summed E-state index contributed by atoms with van der Waals surface area (Å²) in [5.74, 6) is 0.811. The Labute approximate surface area is 211 Å². The molecule has 0 spiro atoms. The highest BCUT2D eigenvalue weighted by Crippen LogP contribution is 2.32. The van der Waals surface area contributed by atoms with Crippen LogP contribution in [0.5, 0.6) is 0 Å². The molecule has 1 N–H and O–H groups in total. The maximum absolute atomic E-state index is 13.1. The summed E-state index contributed by atoms with van der Waals surface area (Å²) in [5.41, 5.74) is 1.17. The monoisotopic (exact) mass is 519 g/mol. The number of H-pyrrole nitrogens is 1. The van der Waals surface area contributed by atoms with Crippen molar-refractivity contribution in [2.24, 2.45) is 0 Å². The molecule has 12 heteroatoms. The third kappa shape index (κ3) is 4.06. The molecule has 37 heavy (non-hydrogen) atoms. The van der Waals surface area contributed by atoms with E-state index in [1.807, 2.05) is 6.92 Å². The van der Waals surface area contributed by atoms with Gasteiger partial charge in [0.15, 0.2) is 21.1 Å². The Balaban J connectivity index is 1.39. The smallest absolute Gasteiger partial charge is 0.332 e. The number of nitrogens with one attached hydrogen (secondary N) is 1. The third-order valence-corrected chi connectivity index (χ3v) is 8.34. The fraction of sp³-hybridized carbons (Fsp3) is 0.320. The lowest BCUT2D eigenvalue weighted by atomic mass is 10.2. The first-order valence-electron chi connectivity index (χ1n) is 12.2. The van der Waals surface area contributed by atoms with Crippen molar-refractivity contribution in [2.75, 3.05) is 5.75 Å². The van der Waals surface area contributed by atoms with Gasteiger partial charge in [-0.25, -0.2) is 18.2 Å². The Bertz CT molecular complexity index is 1860. The summed E-state index contributed by atoms with van der Waals surface area (Å²) in [5, 5.41) is 8.35. The van der Waals surface area contributed by atoms with Gasteiger partial charge in [0.05, 0.1) is 10.6 Å². The fourth-order valence-corrected chi connectivity index (χ4v) is 5.83. The highest BCUT2D eigenvalue weighted by molar-refractivity contribution is 7.91. The van der Waals surface area contributed by atoms with Crippen molar-refractivity contribution >= 4 is 26.6 Å². The number of aromatic amines is 1. The summed E-state index contributed by atoms with van der Waals surface area (Å²) in [6.07, 6.45) is 4.30. The van der Waals surface area contributed by atoms with E-state index in [9.17, 15) is 18.0 Å². The first-order valence-corrected chi connectivity index (χ1v) is 13.9. The highest BCUT2D eigenvalue weighted by Gasteiger charge is 2.30. The molecule has 1 aliphatic carbocycles. The number of rotatable bonds is 8. The third-order valence-electron chi connectivity index (χ3n) is 6.61. The highest BCUT2D eigenvalue weighted by atomic mass is 32.2. The van der Waals surface area contributed by atoms with Crippen LogP contribution in [0.1, 0.15) is 38.1 Å². The lowest BCUT2D eigenvalue weighted by Crippen LogP contribution is -2.39. The normalized spacial score (nSPS) is 14.1. The van der Waals surface area contributed by atoms with Gasteiger partial charge in [-0.1, -0.05) is 25.1 Å². The maximum atomic E-state index is 13.1. The average molecular weight is 520 g/mol. The molecule has 1 saturated carbocycles. The molecule has 0 amide bonds. The molecule has 11 nitrogen and oxygen atoms in total. The Morgan fingerprint density at radius 2 is 1.84 bits per heavy atom. The molecule has 1 aromatic carbocycles. The van der Waals surface area contributed by atoms with Crippen LogP contribution < -0.4 is 11.2 Å². The molecule has 5 aromatic rings. The van der Waals surface area contributed by atoms with Crippen molar-refractivity contribution in [2.45, 2.75) is 50.1 Å². The molecule has 0 radical (unpaired) electrons. The van der Waals surface area contributed by atoms with E-state index in [1.54, 1.807) is 57.6 Å². The number of hydrogen-bond donors (Lipinski definition) is 1. The van der Waals surface area contributed by atoms with Gasteiger partial charge in [-0.3, -0.25) is 18.3 Å². The number of fused-ring (bicyclic) bond motifs is 2. The summed E-state index contributed by atoms with van der Waals surface area (Å²) in [4.78, 5) is 34.2. The van der Waals surface area contributed by atoms with Crippen LogP contribution in [-0.2, 0) is 22.8 Å². The van der Waals surface area contributed by atoms with Crippen LogP contribution >= 0.6 is 0 Å². The van der Waals surface area contributed by atoms with E-state index in [-0.39, 0.29) is 34.4 Å². The van der Waals surface area contributed by atoms with Crippen LogP contribution in [0.3, 0.4) is 0 Å². The summed E-state index contributed by atoms with van der Waals surface area (Å²) >= 11 is 0. The van der Waals surface area contributed by atoms with Gasteiger partial charge < -0.3 is 4.98 Å². The Morgan fingerprint density at radius 1 is 1.05 bits per heavy atom. The van der Waals surface area contributed by atoms with E-state index in [2.05, 4.69) is 20.2 Å². The van der Waals surface area contributed by atoms with Crippen LogP contribution in [0.2, 0.25) is 0 Å². The van der Waals surface area contributed by atoms with Gasteiger partial charge in [-0.05, 0) is 43.5 Å². The minimum absolute atomic E-state index is 0.0534. The SMILES string of the molecule is CCCn1c(=O)n(C2CC2)c(=O)c2[nH]c(-c3ccc4nnc(CCS(=O)(=O)c5ccccc5)n4c3)nc21. The van der Waals surface area contributed by atoms with Crippen molar-refractivity contribution in [3.05, 3.63) is 75.3 Å². The Hall–Kier alpha value is -4.06. The van der Waals surface area contributed by atoms with Crippen molar-refractivity contribution in [1.29, 1.82) is 0 Å². The molecular formula is C25H25N7O4S. The van der Waals surface area contributed by atoms with E-state index in [4.69, 9.17) is 0 Å². The maximum Gasteiger partial charge on any atom is 0.333 e. The molecule has 0 atom stereocenters. The lowest BCUT2D eigenvalue weighted by Gasteiger charge is -2.09. The number of benzene rings is 1. The molecule has 0 saturated heterocycles. The molecule has 0 unspecified atom stereocenters. The van der Waals surface area contributed by atoms with Gasteiger partial charge in [0.2, 0.25) is 0 Å². The van der Waals surface area contributed by atoms with Gasteiger partial charge in [0, 0.05) is 30.8 Å². The first-order chi connectivity index (χ1) is 17.9. The summed E-state index contributed by atoms with van der Waals surface area (Å²) in [7, 11) is -3.48. The molecule has 0 bridgehead atoms. The second kappa shape index (κ2) is 8.80. The zero-order valence-electron chi connectivity index (χ0n) is 20.2. The second-order valence-electron chi connectivity index (χ2n) is 9.27. The molecular weight excluding hydrogens is 494 g/mol. The van der Waals surface area contributed by atoms with E-state index in [0.717, 1.165) is 19.3 Å². The molecule has 4 aromatic heterocycles. The number of imidazole rings is 1. The van der Waals surface area contributed by atoms with Gasteiger partial charge in [0.1, 0.15) is 17.2 Å². The number of sulfone groups is 1. The molecule has 6 rings (SSSR count). The van der Waals surface area contributed by atoms with Crippen molar-refractivity contribution in [3.63, 3.8) is 0 Å². The molecule has 1 fully saturated rings. The van der Waals surface area contributed by atoms with Crippen LogP contribution in [0.4, 0.5) is 0 Å². The Kier molecular flexibility index (Phi) is 5.55. The van der Waals surface area contributed by atoms with Gasteiger partial charge in [0.25, 0.3) is 5.56 Å². The first kappa shape index (κ1) is 23.3. The van der Waals surface area contributed by atoms with E-state index >= 15 is 0 Å². The van der Waals surface area contributed by atoms with E-state index < -0.39 is 9.84 Å². The van der Waals surface area contributed by atoms with Crippen molar-refractivity contribution < 1.29 is 8.42 Å². The Morgan fingerprint density at radius 3 is 2.57 bits per heavy atom. The van der Waals surface area contributed by atoms with Gasteiger partial charge in [-0.15, -0.1) is 10.2 Å². The summed E-state index contributed by atoms with van der Waals surface area (Å²) < 4.78 is 30.1. The standard InChI is InChI=1S/C25H25N7O4S/c1-2-13-30-23-21(24(33)32(25(30)34)17-9-10-17)26-22(27-23)16-8-11-19-28-29-20(31(19)15-16)12-14-37(35,36)18-6-4-3-5-7-18/h3-8,11,15,17H,2,9-10,12-14H2,1H3,(H,26,27). The minimum atomic E-state index is -3.48. The van der Waals surface area contributed by atoms with Gasteiger partial charge in [-0.2, -0.15) is 0 Å². The van der Waals surface area contributed by atoms with Crippen LogP contribution in [0.25, 0.3) is 28.2 Å². The molecule has 4 heterocycles. The number of nitrogens with zero attached hydrogens (tertiary/aromatic N) is 6. The molecule has 1 aliphatic rings.